The lowest BCUT2D eigenvalue weighted by Crippen LogP contribution is -2.68. The van der Waals surface area contributed by atoms with Crippen molar-refractivity contribution < 1.29 is 37.2 Å². The summed E-state index contributed by atoms with van der Waals surface area (Å²) in [6.45, 7) is 2.56. The summed E-state index contributed by atoms with van der Waals surface area (Å²) < 4.78 is 73.4. The highest BCUT2D eigenvalue weighted by Crippen LogP contribution is 2.46. The zero-order valence-electron chi connectivity index (χ0n) is 33.0. The summed E-state index contributed by atoms with van der Waals surface area (Å²) in [5.74, 6) is -4.07. The largest absolute Gasteiger partial charge is 0.494 e. The molecule has 306 valence electrons. The van der Waals surface area contributed by atoms with E-state index in [1.165, 1.54) is 0 Å². The predicted octanol–water partition coefficient (Wildman–Crippen LogP) is 11.3. The number of hydrogen-bond acceptors (Lipinski definition) is 6. The molecule has 0 saturated heterocycles. The molecule has 0 aromatic heterocycles. The van der Waals surface area contributed by atoms with E-state index in [-0.39, 0.29) is 38.8 Å². The lowest BCUT2D eigenvalue weighted by Gasteiger charge is -2.50. The Bertz CT molecular complexity index is 2140. The number of rotatable bonds is 19. The van der Waals surface area contributed by atoms with Gasteiger partial charge in [0.2, 0.25) is 0 Å². The predicted molar refractivity (Wildman–Crippen MR) is 226 cm³/mol. The fourth-order valence-corrected chi connectivity index (χ4v) is 7.57. The van der Waals surface area contributed by atoms with Gasteiger partial charge in [-0.3, -0.25) is 0 Å². The Hall–Kier alpha value is -5.09. The van der Waals surface area contributed by atoms with Gasteiger partial charge < -0.3 is 28.4 Å². The molecular weight excluding hydrogens is 770 g/mol. The average Bonchev–Trinajstić information content (AvgIpc) is 3.26. The fourth-order valence-electron chi connectivity index (χ4n) is 7.33. The third kappa shape index (κ3) is 11.4. The summed E-state index contributed by atoms with van der Waals surface area (Å²) in [6, 6.07) is 50.9. The number of benzene rings is 6. The number of alkyl halides is 2. The Morgan fingerprint density at radius 1 is 0.525 bits per heavy atom. The van der Waals surface area contributed by atoms with Crippen molar-refractivity contribution in [3.63, 3.8) is 0 Å². The SMILES string of the molecule is CCOc1ccc(Cc2ccc(OC3[C@H](OCc4ccccc4)[C@@H](OCc4ccccc4)[C@H](OCc4ccccc4)[C@@H](COCc4ccccc4)C3(F)F)cc2Cl)cc1. The van der Waals surface area contributed by atoms with Crippen molar-refractivity contribution >= 4 is 11.6 Å². The van der Waals surface area contributed by atoms with Gasteiger partial charge in [0, 0.05) is 5.02 Å². The van der Waals surface area contributed by atoms with Gasteiger partial charge in [0.15, 0.2) is 6.10 Å². The van der Waals surface area contributed by atoms with Crippen molar-refractivity contribution in [2.24, 2.45) is 5.92 Å². The third-order valence-electron chi connectivity index (χ3n) is 10.4. The van der Waals surface area contributed by atoms with Crippen LogP contribution in [0.15, 0.2) is 164 Å². The molecule has 1 saturated carbocycles. The molecule has 1 fully saturated rings. The van der Waals surface area contributed by atoms with E-state index in [0.717, 1.165) is 39.1 Å². The summed E-state index contributed by atoms with van der Waals surface area (Å²) in [4.78, 5) is 0. The van der Waals surface area contributed by atoms with Gasteiger partial charge in [0.25, 0.3) is 5.92 Å². The van der Waals surface area contributed by atoms with Gasteiger partial charge in [-0.25, -0.2) is 8.78 Å². The van der Waals surface area contributed by atoms with Gasteiger partial charge in [-0.05, 0) is 71.0 Å². The van der Waals surface area contributed by atoms with E-state index in [1.807, 2.05) is 159 Å². The molecule has 0 radical (unpaired) electrons. The monoisotopic (exact) mass is 818 g/mol. The molecule has 1 aliphatic rings. The lowest BCUT2D eigenvalue weighted by molar-refractivity contribution is -0.298. The highest BCUT2D eigenvalue weighted by molar-refractivity contribution is 6.31. The van der Waals surface area contributed by atoms with Crippen molar-refractivity contribution in [2.45, 2.75) is 70.1 Å². The van der Waals surface area contributed by atoms with Crippen molar-refractivity contribution in [3.05, 3.63) is 202 Å². The quantitative estimate of drug-likeness (QED) is 0.0811. The third-order valence-corrected chi connectivity index (χ3v) is 10.7. The molecule has 1 unspecified atom stereocenters. The van der Waals surface area contributed by atoms with Crippen LogP contribution in [0.5, 0.6) is 11.5 Å². The van der Waals surface area contributed by atoms with Gasteiger partial charge in [0.05, 0.1) is 51.7 Å². The molecule has 59 heavy (non-hydrogen) atoms. The number of halogens is 3. The highest BCUT2D eigenvalue weighted by atomic mass is 35.5. The molecule has 6 aromatic rings. The Balaban J connectivity index is 1.24. The molecule has 6 nitrogen and oxygen atoms in total. The zero-order chi connectivity index (χ0) is 40.9. The van der Waals surface area contributed by atoms with Gasteiger partial charge in [-0.1, -0.05) is 151 Å². The van der Waals surface area contributed by atoms with Crippen molar-refractivity contribution in [3.8, 4) is 11.5 Å². The second-order valence-corrected chi connectivity index (χ2v) is 15.0. The normalized spacial score (nSPS) is 19.9. The molecule has 6 aromatic carbocycles. The maximum Gasteiger partial charge on any atom is 0.294 e. The van der Waals surface area contributed by atoms with E-state index < -0.39 is 36.3 Å². The van der Waals surface area contributed by atoms with Gasteiger partial charge in [0.1, 0.15) is 23.7 Å². The van der Waals surface area contributed by atoms with E-state index in [1.54, 1.807) is 12.1 Å². The van der Waals surface area contributed by atoms with Crippen LogP contribution in [0, 0.1) is 5.92 Å². The van der Waals surface area contributed by atoms with Crippen LogP contribution in [0.4, 0.5) is 8.78 Å². The molecular formula is C50H49ClF2O6. The smallest absolute Gasteiger partial charge is 0.294 e. The van der Waals surface area contributed by atoms with Crippen LogP contribution in [0.1, 0.15) is 40.3 Å². The first-order valence-electron chi connectivity index (χ1n) is 20.0. The summed E-state index contributed by atoms with van der Waals surface area (Å²) in [6.07, 6.45) is -4.74. The molecule has 1 aliphatic carbocycles. The topological polar surface area (TPSA) is 55.4 Å². The van der Waals surface area contributed by atoms with E-state index in [2.05, 4.69) is 0 Å². The Labute approximate surface area is 350 Å². The number of ether oxygens (including phenoxy) is 6. The molecule has 0 bridgehead atoms. The van der Waals surface area contributed by atoms with Gasteiger partial charge >= 0.3 is 0 Å². The fraction of sp³-hybridized carbons (Fsp3) is 0.280. The van der Waals surface area contributed by atoms with Crippen molar-refractivity contribution in [2.75, 3.05) is 13.2 Å². The number of hydrogen-bond donors (Lipinski definition) is 0. The van der Waals surface area contributed by atoms with Crippen molar-refractivity contribution in [1.82, 2.24) is 0 Å². The minimum absolute atomic E-state index is 0.0367. The molecule has 0 N–H and O–H groups in total. The van der Waals surface area contributed by atoms with Crippen LogP contribution in [0.25, 0.3) is 0 Å². The molecule has 0 spiro atoms. The van der Waals surface area contributed by atoms with E-state index in [9.17, 15) is 0 Å². The maximum absolute atomic E-state index is 17.7. The molecule has 9 heteroatoms. The van der Waals surface area contributed by atoms with E-state index in [4.69, 9.17) is 40.0 Å². The maximum atomic E-state index is 17.7. The molecule has 0 amide bonds. The molecule has 0 aliphatic heterocycles. The van der Waals surface area contributed by atoms with Gasteiger partial charge in [-0.15, -0.1) is 0 Å². The zero-order valence-corrected chi connectivity index (χ0v) is 33.8. The van der Waals surface area contributed by atoms with Crippen LogP contribution in [0.2, 0.25) is 5.02 Å². The minimum Gasteiger partial charge on any atom is -0.494 e. The second kappa shape index (κ2) is 20.7. The first-order valence-corrected chi connectivity index (χ1v) is 20.4. The first-order chi connectivity index (χ1) is 28.9. The minimum atomic E-state index is -3.54. The Morgan fingerprint density at radius 2 is 1.00 bits per heavy atom. The van der Waals surface area contributed by atoms with E-state index in [0.29, 0.717) is 18.1 Å². The van der Waals surface area contributed by atoms with E-state index >= 15 is 8.78 Å². The van der Waals surface area contributed by atoms with Gasteiger partial charge in [-0.2, -0.15) is 0 Å². The second-order valence-electron chi connectivity index (χ2n) is 14.6. The molecule has 7 rings (SSSR count). The summed E-state index contributed by atoms with van der Waals surface area (Å²) in [5.41, 5.74) is 5.23. The van der Waals surface area contributed by atoms with Crippen LogP contribution >= 0.6 is 11.6 Å². The summed E-state index contributed by atoms with van der Waals surface area (Å²) in [5, 5.41) is 0.390. The molecule has 0 heterocycles. The highest BCUT2D eigenvalue weighted by Gasteiger charge is 2.64. The summed E-state index contributed by atoms with van der Waals surface area (Å²) in [7, 11) is 0. The van der Waals surface area contributed by atoms with Crippen molar-refractivity contribution in [1.29, 1.82) is 0 Å². The van der Waals surface area contributed by atoms with Crippen LogP contribution in [-0.2, 0) is 51.8 Å². The first kappa shape index (κ1) is 42.0. The average molecular weight is 819 g/mol. The Kier molecular flexibility index (Phi) is 14.8. The van der Waals surface area contributed by atoms with Crippen LogP contribution < -0.4 is 9.47 Å². The summed E-state index contributed by atoms with van der Waals surface area (Å²) >= 11 is 6.86. The van der Waals surface area contributed by atoms with Crippen LogP contribution in [-0.4, -0.2) is 43.6 Å². The standard InChI is InChI=1S/C50H49ClF2O6/c1-2-55-42-26-23-36(24-27-42)29-41-25-28-43(30-45(41)51)59-49-48(58-34-40-21-13-6-14-22-40)47(57-33-39-19-11-5-12-20-39)46(56-32-38-17-9-4-10-18-38)44(50(49,52)53)35-54-31-37-15-7-3-8-16-37/h3-28,30,44,46-49H,2,29,31-35H2,1H3/t44-,46-,47+,48-,49?/m1/s1. The van der Waals surface area contributed by atoms with Crippen LogP contribution in [0.3, 0.4) is 0 Å². The lowest BCUT2D eigenvalue weighted by atomic mass is 9.77. The Morgan fingerprint density at radius 3 is 1.51 bits per heavy atom. The molecule has 5 atom stereocenters.